The van der Waals surface area contributed by atoms with Gasteiger partial charge in [0.05, 0.1) is 18.7 Å². The molecule has 3 rings (SSSR count). The lowest BCUT2D eigenvalue weighted by Gasteiger charge is -2.26. The van der Waals surface area contributed by atoms with E-state index in [2.05, 4.69) is 15.5 Å². The van der Waals surface area contributed by atoms with Gasteiger partial charge in [-0.15, -0.1) is 0 Å². The molecule has 2 fully saturated rings. The fourth-order valence-electron chi connectivity index (χ4n) is 3.25. The van der Waals surface area contributed by atoms with Gasteiger partial charge in [0, 0.05) is 18.3 Å². The van der Waals surface area contributed by atoms with Crippen molar-refractivity contribution < 1.29 is 14.3 Å². The van der Waals surface area contributed by atoms with Crippen molar-refractivity contribution in [2.24, 2.45) is 0 Å². The summed E-state index contributed by atoms with van der Waals surface area (Å²) in [4.78, 5) is 26.5. The second-order valence-electron chi connectivity index (χ2n) is 7.38. The fourth-order valence-corrected chi connectivity index (χ4v) is 3.25. The maximum Gasteiger partial charge on any atom is 0.253 e. The van der Waals surface area contributed by atoms with Crippen molar-refractivity contribution in [2.45, 2.75) is 44.6 Å². The molecular weight excluding hydrogens is 344 g/mol. The van der Waals surface area contributed by atoms with Crippen LogP contribution in [0, 0.1) is 0 Å². The molecule has 0 bridgehead atoms. The molecule has 1 saturated carbocycles. The Morgan fingerprint density at radius 3 is 2.70 bits per heavy atom. The Balaban J connectivity index is 1.43. The highest BCUT2D eigenvalue weighted by Gasteiger charge is 2.23. The van der Waals surface area contributed by atoms with Crippen LogP contribution in [0.5, 0.6) is 5.75 Å². The molecule has 0 unspecified atom stereocenters. The lowest BCUT2D eigenvalue weighted by atomic mass is 10.1. The highest BCUT2D eigenvalue weighted by molar-refractivity contribution is 6.01. The molecule has 0 atom stereocenters. The Morgan fingerprint density at radius 1 is 1.19 bits per heavy atom. The van der Waals surface area contributed by atoms with Gasteiger partial charge >= 0.3 is 0 Å². The molecule has 1 aromatic rings. The number of likely N-dealkylation sites (tertiary alicyclic amines) is 1. The van der Waals surface area contributed by atoms with E-state index in [0.29, 0.717) is 23.6 Å². The molecular formula is C20H30N4O3. The van der Waals surface area contributed by atoms with Gasteiger partial charge in [-0.2, -0.15) is 0 Å². The number of hydrogen-bond donors (Lipinski definition) is 3. The number of piperidine rings is 1. The number of nitrogens with one attached hydrogen (secondary N) is 2. The molecule has 1 heterocycles. The molecule has 2 aliphatic rings. The topological polar surface area (TPSA) is 96.7 Å². The van der Waals surface area contributed by atoms with E-state index in [1.54, 1.807) is 18.2 Å². The van der Waals surface area contributed by atoms with E-state index >= 15 is 0 Å². The van der Waals surface area contributed by atoms with Crippen molar-refractivity contribution in [3.05, 3.63) is 23.8 Å². The Morgan fingerprint density at radius 2 is 1.96 bits per heavy atom. The molecule has 4 N–H and O–H groups in total. The first-order valence-corrected chi connectivity index (χ1v) is 9.94. The van der Waals surface area contributed by atoms with Crippen LogP contribution in [0.1, 0.15) is 48.9 Å². The number of anilines is 1. The molecule has 0 aromatic heterocycles. The summed E-state index contributed by atoms with van der Waals surface area (Å²) < 4.78 is 5.79. The van der Waals surface area contributed by atoms with Crippen molar-refractivity contribution in [1.29, 1.82) is 0 Å². The fraction of sp³-hybridized carbons (Fsp3) is 0.600. The first-order chi connectivity index (χ1) is 13.1. The smallest absolute Gasteiger partial charge is 0.253 e. The van der Waals surface area contributed by atoms with Crippen molar-refractivity contribution in [2.75, 3.05) is 38.5 Å². The van der Waals surface area contributed by atoms with E-state index in [4.69, 9.17) is 10.5 Å². The minimum absolute atomic E-state index is 0.0459. The van der Waals surface area contributed by atoms with E-state index in [9.17, 15) is 9.59 Å². The number of hydrogen-bond acceptors (Lipinski definition) is 5. The molecule has 0 radical (unpaired) electrons. The third-order valence-corrected chi connectivity index (χ3v) is 4.96. The normalized spacial score (nSPS) is 17.3. The Labute approximate surface area is 160 Å². The van der Waals surface area contributed by atoms with Crippen LogP contribution in [-0.4, -0.2) is 55.5 Å². The lowest BCUT2D eigenvalue weighted by molar-refractivity contribution is -0.120. The number of nitrogen functional groups attached to an aromatic ring is 1. The summed E-state index contributed by atoms with van der Waals surface area (Å²) in [6.45, 7) is 3.96. The highest BCUT2D eigenvalue weighted by atomic mass is 16.5. The maximum absolute atomic E-state index is 12.3. The molecule has 7 heteroatoms. The van der Waals surface area contributed by atoms with Gasteiger partial charge in [-0.05, 0) is 63.4 Å². The Kier molecular flexibility index (Phi) is 6.92. The average Bonchev–Trinajstić information content (AvgIpc) is 3.49. The minimum Gasteiger partial charge on any atom is -0.494 e. The standard InChI is InChI=1S/C20H30N4O3/c21-18-8-7-16(27-12-4-11-24-9-2-1-3-10-24)13-17(18)20(26)22-14-19(25)23-15-5-6-15/h7-8,13,15H,1-6,9-12,14,21H2,(H,22,26)(H,23,25). The van der Waals surface area contributed by atoms with Gasteiger partial charge in [0.1, 0.15) is 5.75 Å². The van der Waals surface area contributed by atoms with Gasteiger partial charge in [-0.3, -0.25) is 9.59 Å². The van der Waals surface area contributed by atoms with Crippen LogP contribution >= 0.6 is 0 Å². The van der Waals surface area contributed by atoms with Crippen LogP contribution in [0.2, 0.25) is 0 Å². The summed E-state index contributed by atoms with van der Waals surface area (Å²) >= 11 is 0. The van der Waals surface area contributed by atoms with E-state index in [0.717, 1.165) is 25.8 Å². The highest BCUT2D eigenvalue weighted by Crippen LogP contribution is 2.20. The molecule has 1 aliphatic heterocycles. The zero-order valence-corrected chi connectivity index (χ0v) is 15.8. The van der Waals surface area contributed by atoms with E-state index < -0.39 is 0 Å². The second kappa shape index (κ2) is 9.60. The quantitative estimate of drug-likeness (QED) is 0.450. The van der Waals surface area contributed by atoms with Crippen molar-refractivity contribution in [3.8, 4) is 5.75 Å². The van der Waals surface area contributed by atoms with Crippen LogP contribution in [0.25, 0.3) is 0 Å². The van der Waals surface area contributed by atoms with Gasteiger partial charge < -0.3 is 26.0 Å². The molecule has 2 amide bonds. The van der Waals surface area contributed by atoms with Crippen molar-refractivity contribution in [3.63, 3.8) is 0 Å². The van der Waals surface area contributed by atoms with Gasteiger partial charge in [-0.25, -0.2) is 0 Å². The third kappa shape index (κ3) is 6.43. The molecule has 7 nitrogen and oxygen atoms in total. The van der Waals surface area contributed by atoms with Crippen molar-refractivity contribution in [1.82, 2.24) is 15.5 Å². The van der Waals surface area contributed by atoms with Gasteiger partial charge in [0.25, 0.3) is 5.91 Å². The van der Waals surface area contributed by atoms with Crippen molar-refractivity contribution >= 4 is 17.5 Å². The lowest BCUT2D eigenvalue weighted by Crippen LogP contribution is -2.38. The van der Waals surface area contributed by atoms with E-state index in [1.165, 1.54) is 32.4 Å². The second-order valence-corrected chi connectivity index (χ2v) is 7.38. The zero-order chi connectivity index (χ0) is 19.1. The number of benzene rings is 1. The summed E-state index contributed by atoms with van der Waals surface area (Å²) in [5.74, 6) is 0.0854. The van der Waals surface area contributed by atoms with Crippen LogP contribution in [0.15, 0.2) is 18.2 Å². The average molecular weight is 374 g/mol. The number of nitrogens with zero attached hydrogens (tertiary/aromatic N) is 1. The zero-order valence-electron chi connectivity index (χ0n) is 15.8. The number of rotatable bonds is 9. The number of carbonyl (C=O) groups is 2. The first kappa shape index (κ1) is 19.5. The number of nitrogens with two attached hydrogens (primary N) is 1. The molecule has 1 aliphatic carbocycles. The Bertz CT molecular complexity index is 655. The summed E-state index contributed by atoms with van der Waals surface area (Å²) in [5.41, 5.74) is 6.62. The predicted molar refractivity (Wildman–Crippen MR) is 105 cm³/mol. The first-order valence-electron chi connectivity index (χ1n) is 9.94. The van der Waals surface area contributed by atoms with Gasteiger partial charge in [0.2, 0.25) is 5.91 Å². The number of carbonyl (C=O) groups excluding carboxylic acids is 2. The van der Waals surface area contributed by atoms with Crippen LogP contribution in [0.4, 0.5) is 5.69 Å². The van der Waals surface area contributed by atoms with E-state index in [1.807, 2.05) is 0 Å². The van der Waals surface area contributed by atoms with Crippen LogP contribution < -0.4 is 21.1 Å². The molecule has 1 saturated heterocycles. The maximum atomic E-state index is 12.3. The van der Waals surface area contributed by atoms with Gasteiger partial charge in [0.15, 0.2) is 0 Å². The summed E-state index contributed by atoms with van der Waals surface area (Å²) in [7, 11) is 0. The SMILES string of the molecule is Nc1ccc(OCCCN2CCCCC2)cc1C(=O)NCC(=O)NC1CC1. The van der Waals surface area contributed by atoms with Crippen LogP contribution in [0.3, 0.4) is 0 Å². The summed E-state index contributed by atoms with van der Waals surface area (Å²) in [6, 6.07) is 5.36. The van der Waals surface area contributed by atoms with E-state index in [-0.39, 0.29) is 24.4 Å². The summed E-state index contributed by atoms with van der Waals surface area (Å²) in [6.07, 6.45) is 6.90. The predicted octanol–water partition coefficient (Wildman–Crippen LogP) is 1.53. The number of amides is 2. The minimum atomic E-state index is -0.364. The molecule has 1 aromatic carbocycles. The molecule has 27 heavy (non-hydrogen) atoms. The molecule has 0 spiro atoms. The van der Waals surface area contributed by atoms with Crippen LogP contribution in [-0.2, 0) is 4.79 Å². The molecule has 148 valence electrons. The largest absolute Gasteiger partial charge is 0.494 e. The van der Waals surface area contributed by atoms with Gasteiger partial charge in [-0.1, -0.05) is 6.42 Å². The number of ether oxygens (including phenoxy) is 1. The Hall–Kier alpha value is -2.28. The third-order valence-electron chi connectivity index (χ3n) is 4.96. The monoisotopic (exact) mass is 374 g/mol. The summed E-state index contributed by atoms with van der Waals surface area (Å²) in [5, 5.41) is 5.45.